The predicted octanol–water partition coefficient (Wildman–Crippen LogP) is 2.78. The zero-order chi connectivity index (χ0) is 22.9. The van der Waals surface area contributed by atoms with Crippen LogP contribution in [0.1, 0.15) is 27.7 Å². The number of ether oxygens (including phenoxy) is 1. The van der Waals surface area contributed by atoms with E-state index in [-0.39, 0.29) is 39.8 Å². The minimum atomic E-state index is -1.10. The third kappa shape index (κ3) is 4.28. The van der Waals surface area contributed by atoms with Crippen LogP contribution in [0.25, 0.3) is 10.9 Å². The van der Waals surface area contributed by atoms with E-state index in [1.165, 1.54) is 35.9 Å². The first-order valence-electron chi connectivity index (χ1n) is 9.14. The summed E-state index contributed by atoms with van der Waals surface area (Å²) in [4.78, 5) is 23.7. The molecule has 8 nitrogen and oxygen atoms in total. The number of nitrogens with one attached hydrogen (secondary N) is 1. The molecule has 0 saturated carbocycles. The second-order valence-corrected chi connectivity index (χ2v) is 7.28. The maximum absolute atomic E-state index is 14.5. The Kier molecular flexibility index (Phi) is 6.37. The summed E-state index contributed by atoms with van der Waals surface area (Å²) in [7, 11) is 2.98. The maximum atomic E-state index is 14.5. The molecule has 0 saturated heterocycles. The first kappa shape index (κ1) is 22.4. The van der Waals surface area contributed by atoms with Crippen molar-refractivity contribution < 1.29 is 34.0 Å². The third-order valence-corrected chi connectivity index (χ3v) is 5.34. The molecule has 1 amide bonds. The van der Waals surface area contributed by atoms with Crippen molar-refractivity contribution in [3.63, 3.8) is 0 Å². The molecule has 3 rings (SSSR count). The Morgan fingerprint density at radius 2 is 2.00 bits per heavy atom. The highest BCUT2D eigenvalue weighted by Gasteiger charge is 2.23. The van der Waals surface area contributed by atoms with Crippen molar-refractivity contribution in [1.82, 2.24) is 9.88 Å². The van der Waals surface area contributed by atoms with E-state index in [1.54, 1.807) is 7.05 Å². The number of phenolic OH excluding ortho intramolecular Hbond substituents is 1. The van der Waals surface area contributed by atoms with Crippen molar-refractivity contribution in [3.8, 4) is 11.5 Å². The maximum Gasteiger partial charge on any atom is 0.307 e. The molecule has 0 aliphatic carbocycles. The molecule has 2 aromatic carbocycles. The Balaban J connectivity index is 1.93. The molecule has 31 heavy (non-hydrogen) atoms. The number of aryl methyl sites for hydroxylation is 1. The molecule has 0 bridgehead atoms. The fraction of sp³-hybridized carbons (Fsp3) is 0.238. The van der Waals surface area contributed by atoms with E-state index in [0.717, 1.165) is 6.07 Å². The van der Waals surface area contributed by atoms with Crippen molar-refractivity contribution in [3.05, 3.63) is 58.0 Å². The number of methoxy groups -OCH3 is 1. The van der Waals surface area contributed by atoms with Crippen LogP contribution in [0, 0.1) is 5.82 Å². The van der Waals surface area contributed by atoms with Gasteiger partial charge in [-0.3, -0.25) is 9.59 Å². The van der Waals surface area contributed by atoms with Crippen LogP contribution >= 0.6 is 11.6 Å². The highest BCUT2D eigenvalue weighted by Crippen LogP contribution is 2.41. The monoisotopic (exact) mass is 450 g/mol. The number of amides is 1. The van der Waals surface area contributed by atoms with Gasteiger partial charge in [0.15, 0.2) is 11.5 Å². The quantitative estimate of drug-likeness (QED) is 0.439. The fourth-order valence-electron chi connectivity index (χ4n) is 3.36. The number of carbonyl (C=O) groups is 2. The van der Waals surface area contributed by atoms with E-state index < -0.39 is 30.3 Å². The molecule has 0 spiro atoms. The number of halogens is 2. The second kappa shape index (κ2) is 8.83. The second-order valence-electron chi connectivity index (χ2n) is 6.90. The molecule has 1 atom stereocenters. The number of rotatable bonds is 7. The summed E-state index contributed by atoms with van der Waals surface area (Å²) in [5, 5.41) is 31.6. The van der Waals surface area contributed by atoms with Crippen LogP contribution in [-0.2, 0) is 18.3 Å². The lowest BCUT2D eigenvalue weighted by Gasteiger charge is -2.18. The number of hydrogen-bond donors (Lipinski definition) is 4. The van der Waals surface area contributed by atoms with Gasteiger partial charge in [0.05, 0.1) is 36.7 Å². The Morgan fingerprint density at radius 1 is 1.29 bits per heavy atom. The summed E-state index contributed by atoms with van der Waals surface area (Å²) in [6, 6.07) is 5.74. The molecule has 0 aliphatic heterocycles. The molecule has 3 aromatic rings. The van der Waals surface area contributed by atoms with E-state index in [1.807, 2.05) is 0 Å². The number of aliphatic carboxylic acids is 1. The summed E-state index contributed by atoms with van der Waals surface area (Å²) in [5.74, 6) is -2.57. The molecule has 4 N–H and O–H groups in total. The minimum Gasteiger partial charge on any atom is -0.503 e. The lowest BCUT2D eigenvalue weighted by Crippen LogP contribution is -2.32. The molecule has 10 heteroatoms. The van der Waals surface area contributed by atoms with Gasteiger partial charge in [-0.25, -0.2) is 4.39 Å². The van der Waals surface area contributed by atoms with Crippen molar-refractivity contribution in [2.45, 2.75) is 12.5 Å². The van der Waals surface area contributed by atoms with Gasteiger partial charge < -0.3 is 29.9 Å². The van der Waals surface area contributed by atoms with Crippen molar-refractivity contribution in [2.24, 2.45) is 7.05 Å². The Labute approximate surface area is 181 Å². The Bertz CT molecular complexity index is 1180. The number of aromatic nitrogens is 1. The van der Waals surface area contributed by atoms with E-state index >= 15 is 0 Å². The summed E-state index contributed by atoms with van der Waals surface area (Å²) < 4.78 is 21.1. The van der Waals surface area contributed by atoms with Gasteiger partial charge in [0.2, 0.25) is 0 Å². The number of aliphatic hydroxyl groups excluding tert-OH is 1. The van der Waals surface area contributed by atoms with Crippen LogP contribution in [0.15, 0.2) is 30.3 Å². The largest absolute Gasteiger partial charge is 0.503 e. The lowest BCUT2D eigenvalue weighted by atomic mass is 10.0. The van der Waals surface area contributed by atoms with Crippen molar-refractivity contribution in [2.75, 3.05) is 13.7 Å². The molecule has 0 radical (unpaired) electrons. The van der Waals surface area contributed by atoms with Crippen LogP contribution < -0.4 is 10.1 Å². The third-order valence-electron chi connectivity index (χ3n) is 4.96. The van der Waals surface area contributed by atoms with E-state index in [0.29, 0.717) is 10.9 Å². The number of nitrogens with zero attached hydrogens (tertiary/aromatic N) is 1. The molecule has 0 unspecified atom stereocenters. The number of carbonyl (C=O) groups excluding carboxylic acids is 1. The first-order valence-corrected chi connectivity index (χ1v) is 9.52. The first-order chi connectivity index (χ1) is 14.7. The summed E-state index contributed by atoms with van der Waals surface area (Å²) in [6.07, 6.45) is -0.347. The predicted molar refractivity (Wildman–Crippen MR) is 111 cm³/mol. The van der Waals surface area contributed by atoms with Gasteiger partial charge in [-0.05, 0) is 17.7 Å². The Morgan fingerprint density at radius 3 is 2.58 bits per heavy atom. The highest BCUT2D eigenvalue weighted by atomic mass is 35.5. The normalized spacial score (nSPS) is 12.0. The van der Waals surface area contributed by atoms with Gasteiger partial charge in [0.1, 0.15) is 11.5 Å². The smallest absolute Gasteiger partial charge is 0.307 e. The zero-order valence-corrected chi connectivity index (χ0v) is 17.4. The minimum absolute atomic E-state index is 0.0149. The SMILES string of the molecule is COc1cc2c(cc(C(=O)N[C@H](CO)c3ccc(CC(=O)O)cc3F)n2C)c(Cl)c1O. The average molecular weight is 451 g/mol. The number of carboxylic acid groups (broad SMARTS) is 1. The lowest BCUT2D eigenvalue weighted by molar-refractivity contribution is -0.136. The molecule has 1 heterocycles. The number of benzene rings is 2. The standard InChI is InChI=1S/C21H20ClFN2O6/c1-25-15-8-17(31-2)20(29)19(22)12(15)7-16(25)21(30)24-14(9-26)11-4-3-10(5-13(11)23)6-18(27)28/h3-5,7-8,14,26,29H,6,9H2,1-2H3,(H,24,30)(H,27,28)/t14-/m1/s1. The molecule has 1 aromatic heterocycles. The van der Waals surface area contributed by atoms with Gasteiger partial charge >= 0.3 is 5.97 Å². The van der Waals surface area contributed by atoms with E-state index in [2.05, 4.69) is 5.32 Å². The van der Waals surface area contributed by atoms with Gasteiger partial charge in [-0.1, -0.05) is 23.7 Å². The summed E-state index contributed by atoms with van der Waals surface area (Å²) in [6.45, 7) is -0.583. The molecule has 0 aliphatic rings. The van der Waals surface area contributed by atoms with E-state index in [4.69, 9.17) is 21.4 Å². The molecular formula is C21H20ClFN2O6. The van der Waals surface area contributed by atoms with Gasteiger partial charge in [-0.2, -0.15) is 0 Å². The zero-order valence-electron chi connectivity index (χ0n) is 16.6. The highest BCUT2D eigenvalue weighted by molar-refractivity contribution is 6.37. The van der Waals surface area contributed by atoms with Crippen LogP contribution in [-0.4, -0.2) is 45.5 Å². The number of aliphatic hydroxyl groups is 1. The van der Waals surface area contributed by atoms with Crippen molar-refractivity contribution >= 4 is 34.4 Å². The molecule has 0 fully saturated rings. The van der Waals surface area contributed by atoms with Crippen LogP contribution in [0.3, 0.4) is 0 Å². The van der Waals surface area contributed by atoms with Gasteiger partial charge in [-0.15, -0.1) is 0 Å². The number of fused-ring (bicyclic) bond motifs is 1. The topological polar surface area (TPSA) is 121 Å². The summed E-state index contributed by atoms with van der Waals surface area (Å²) in [5.41, 5.74) is 0.954. The number of carboxylic acids is 1. The van der Waals surface area contributed by atoms with Gasteiger partial charge in [0, 0.05) is 24.1 Å². The average Bonchev–Trinajstić information content (AvgIpc) is 3.05. The fourth-order valence-corrected chi connectivity index (χ4v) is 3.61. The number of phenols is 1. The van der Waals surface area contributed by atoms with Crippen molar-refractivity contribution in [1.29, 1.82) is 0 Å². The van der Waals surface area contributed by atoms with Gasteiger partial charge in [0.25, 0.3) is 5.91 Å². The molecule has 164 valence electrons. The van der Waals surface area contributed by atoms with E-state index in [9.17, 15) is 24.2 Å². The number of aromatic hydroxyl groups is 1. The Hall–Kier alpha value is -3.30. The van der Waals surface area contributed by atoms with Crippen LogP contribution in [0.2, 0.25) is 5.02 Å². The summed E-state index contributed by atoms with van der Waals surface area (Å²) >= 11 is 6.19. The van der Waals surface area contributed by atoms with Crippen LogP contribution in [0.5, 0.6) is 11.5 Å². The van der Waals surface area contributed by atoms with Crippen LogP contribution in [0.4, 0.5) is 4.39 Å². The number of hydrogen-bond acceptors (Lipinski definition) is 5. The molecular weight excluding hydrogens is 431 g/mol.